The first-order chi connectivity index (χ1) is 10.1. The Morgan fingerprint density at radius 3 is 2.57 bits per heavy atom. The fourth-order valence-electron chi connectivity index (χ4n) is 2.80. The number of carboxylic acids is 1. The number of amides is 1. The molecule has 0 spiro atoms. The molecule has 1 amide bonds. The number of carboxylic acid groups (broad SMARTS) is 1. The zero-order chi connectivity index (χ0) is 15.0. The first kappa shape index (κ1) is 13.4. The second-order valence-corrected chi connectivity index (χ2v) is 5.24. The molecule has 2 aromatic rings. The van der Waals surface area contributed by atoms with E-state index in [2.05, 4.69) is 0 Å². The Labute approximate surface area is 122 Å². The standard InChI is InChI=1S/C17H15NO3/c1-11-9-12-5-2-3-8-15(12)18(11)16(19)13-6-4-7-14(10-13)17(20)21/h2-8,10-11H,9H2,1H3,(H,20,21). The number of fused-ring (bicyclic) bond motifs is 1. The minimum absolute atomic E-state index is 0.0726. The summed E-state index contributed by atoms with van der Waals surface area (Å²) in [6.45, 7) is 2.00. The topological polar surface area (TPSA) is 57.6 Å². The van der Waals surface area contributed by atoms with Crippen molar-refractivity contribution in [1.82, 2.24) is 0 Å². The highest BCUT2D eigenvalue weighted by molar-refractivity contribution is 6.08. The van der Waals surface area contributed by atoms with Crippen molar-refractivity contribution in [2.75, 3.05) is 4.90 Å². The minimum atomic E-state index is -1.03. The van der Waals surface area contributed by atoms with E-state index in [9.17, 15) is 9.59 Å². The quantitative estimate of drug-likeness (QED) is 0.920. The molecule has 4 heteroatoms. The van der Waals surface area contributed by atoms with Crippen LogP contribution < -0.4 is 4.90 Å². The van der Waals surface area contributed by atoms with Crippen LogP contribution in [0.25, 0.3) is 0 Å². The molecule has 1 unspecified atom stereocenters. The lowest BCUT2D eigenvalue weighted by atomic mass is 10.1. The van der Waals surface area contributed by atoms with Gasteiger partial charge in [-0.05, 0) is 43.2 Å². The molecular weight excluding hydrogens is 266 g/mol. The van der Waals surface area contributed by atoms with Gasteiger partial charge < -0.3 is 10.0 Å². The van der Waals surface area contributed by atoms with E-state index < -0.39 is 5.97 Å². The number of aromatic carboxylic acids is 1. The maximum absolute atomic E-state index is 12.7. The van der Waals surface area contributed by atoms with Gasteiger partial charge in [0.05, 0.1) is 5.56 Å². The predicted molar refractivity (Wildman–Crippen MR) is 79.8 cm³/mol. The van der Waals surface area contributed by atoms with Gasteiger partial charge in [0.15, 0.2) is 0 Å². The van der Waals surface area contributed by atoms with Crippen LogP contribution in [-0.4, -0.2) is 23.0 Å². The molecule has 0 saturated heterocycles. The van der Waals surface area contributed by atoms with E-state index in [1.165, 1.54) is 12.1 Å². The molecule has 4 nitrogen and oxygen atoms in total. The Hall–Kier alpha value is -2.62. The summed E-state index contributed by atoms with van der Waals surface area (Å²) in [5, 5.41) is 9.04. The molecule has 1 aliphatic rings. The third-order valence-electron chi connectivity index (χ3n) is 3.78. The Morgan fingerprint density at radius 2 is 1.81 bits per heavy atom. The lowest BCUT2D eigenvalue weighted by Gasteiger charge is -2.23. The number of benzene rings is 2. The highest BCUT2D eigenvalue weighted by Gasteiger charge is 2.31. The average molecular weight is 281 g/mol. The largest absolute Gasteiger partial charge is 0.478 e. The van der Waals surface area contributed by atoms with Crippen molar-refractivity contribution in [3.8, 4) is 0 Å². The molecule has 0 saturated carbocycles. The predicted octanol–water partition coefficient (Wildman–Crippen LogP) is 2.98. The first-order valence-electron chi connectivity index (χ1n) is 6.83. The monoisotopic (exact) mass is 281 g/mol. The van der Waals surface area contributed by atoms with Crippen molar-refractivity contribution in [1.29, 1.82) is 0 Å². The summed E-state index contributed by atoms with van der Waals surface area (Å²) in [5.74, 6) is -1.19. The van der Waals surface area contributed by atoms with Gasteiger partial charge in [-0.1, -0.05) is 24.3 Å². The molecule has 1 heterocycles. The van der Waals surface area contributed by atoms with E-state index in [0.29, 0.717) is 5.56 Å². The molecule has 0 aliphatic carbocycles. The van der Waals surface area contributed by atoms with Crippen LogP contribution in [0, 0.1) is 0 Å². The molecule has 0 fully saturated rings. The average Bonchev–Trinajstić information content (AvgIpc) is 2.82. The smallest absolute Gasteiger partial charge is 0.335 e. The lowest BCUT2D eigenvalue weighted by Crippen LogP contribution is -2.35. The van der Waals surface area contributed by atoms with Crippen molar-refractivity contribution in [2.45, 2.75) is 19.4 Å². The van der Waals surface area contributed by atoms with Crippen LogP contribution in [0.4, 0.5) is 5.69 Å². The SMILES string of the molecule is CC1Cc2ccccc2N1C(=O)c1cccc(C(=O)O)c1. The third-order valence-corrected chi connectivity index (χ3v) is 3.78. The van der Waals surface area contributed by atoms with E-state index in [0.717, 1.165) is 17.7 Å². The molecule has 0 bridgehead atoms. The summed E-state index contributed by atoms with van der Waals surface area (Å²) in [4.78, 5) is 25.5. The van der Waals surface area contributed by atoms with Crippen molar-refractivity contribution in [3.05, 3.63) is 65.2 Å². The number of para-hydroxylation sites is 1. The van der Waals surface area contributed by atoms with Crippen molar-refractivity contribution >= 4 is 17.6 Å². The second-order valence-electron chi connectivity index (χ2n) is 5.24. The number of carbonyl (C=O) groups is 2. The second kappa shape index (κ2) is 5.05. The molecule has 0 radical (unpaired) electrons. The maximum Gasteiger partial charge on any atom is 0.335 e. The number of hydrogen-bond acceptors (Lipinski definition) is 2. The van der Waals surface area contributed by atoms with Crippen molar-refractivity contribution in [2.24, 2.45) is 0 Å². The molecule has 1 N–H and O–H groups in total. The molecule has 106 valence electrons. The van der Waals surface area contributed by atoms with Crippen LogP contribution >= 0.6 is 0 Å². The Kier molecular flexibility index (Phi) is 3.22. The van der Waals surface area contributed by atoms with Crippen LogP contribution in [0.3, 0.4) is 0 Å². The van der Waals surface area contributed by atoms with E-state index in [4.69, 9.17) is 5.11 Å². The van der Waals surface area contributed by atoms with Crippen molar-refractivity contribution in [3.63, 3.8) is 0 Å². The fourth-order valence-corrected chi connectivity index (χ4v) is 2.80. The van der Waals surface area contributed by atoms with Crippen LogP contribution in [0.2, 0.25) is 0 Å². The van der Waals surface area contributed by atoms with Gasteiger partial charge in [0.1, 0.15) is 0 Å². The zero-order valence-electron chi connectivity index (χ0n) is 11.6. The summed E-state index contributed by atoms with van der Waals surface area (Å²) in [6.07, 6.45) is 0.820. The van der Waals surface area contributed by atoms with Gasteiger partial charge in [0.25, 0.3) is 5.91 Å². The minimum Gasteiger partial charge on any atom is -0.478 e. The molecule has 3 rings (SSSR count). The third kappa shape index (κ3) is 2.29. The Morgan fingerprint density at radius 1 is 1.10 bits per heavy atom. The number of hydrogen-bond donors (Lipinski definition) is 1. The fraction of sp³-hybridized carbons (Fsp3) is 0.176. The van der Waals surface area contributed by atoms with Crippen LogP contribution in [-0.2, 0) is 6.42 Å². The Bertz CT molecular complexity index is 723. The van der Waals surface area contributed by atoms with Gasteiger partial charge in [-0.3, -0.25) is 4.79 Å². The van der Waals surface area contributed by atoms with Crippen LogP contribution in [0.5, 0.6) is 0 Å². The highest BCUT2D eigenvalue weighted by atomic mass is 16.4. The summed E-state index contributed by atoms with van der Waals surface area (Å²) >= 11 is 0. The van der Waals surface area contributed by atoms with Crippen LogP contribution in [0.15, 0.2) is 48.5 Å². The van der Waals surface area contributed by atoms with E-state index in [1.54, 1.807) is 17.0 Å². The summed E-state index contributed by atoms with van der Waals surface area (Å²) in [5.41, 5.74) is 2.59. The molecule has 1 atom stereocenters. The van der Waals surface area contributed by atoms with Gasteiger partial charge in [-0.15, -0.1) is 0 Å². The Balaban J connectivity index is 1.99. The normalized spacial score (nSPS) is 16.6. The molecule has 1 aliphatic heterocycles. The van der Waals surface area contributed by atoms with E-state index >= 15 is 0 Å². The van der Waals surface area contributed by atoms with Crippen molar-refractivity contribution < 1.29 is 14.7 Å². The van der Waals surface area contributed by atoms with Gasteiger partial charge in [0, 0.05) is 17.3 Å². The maximum atomic E-state index is 12.7. The molecule has 21 heavy (non-hydrogen) atoms. The summed E-state index contributed by atoms with van der Waals surface area (Å²) in [6, 6.07) is 14.1. The summed E-state index contributed by atoms with van der Waals surface area (Å²) in [7, 11) is 0. The molecule has 0 aromatic heterocycles. The van der Waals surface area contributed by atoms with Gasteiger partial charge in [-0.2, -0.15) is 0 Å². The lowest BCUT2D eigenvalue weighted by molar-refractivity contribution is 0.0697. The van der Waals surface area contributed by atoms with Gasteiger partial charge in [-0.25, -0.2) is 4.79 Å². The number of rotatable bonds is 2. The number of anilines is 1. The summed E-state index contributed by atoms with van der Waals surface area (Å²) < 4.78 is 0. The molecular formula is C17H15NO3. The van der Waals surface area contributed by atoms with E-state index in [-0.39, 0.29) is 17.5 Å². The first-order valence-corrected chi connectivity index (χ1v) is 6.83. The van der Waals surface area contributed by atoms with Gasteiger partial charge >= 0.3 is 5.97 Å². The van der Waals surface area contributed by atoms with E-state index in [1.807, 2.05) is 31.2 Å². The zero-order valence-corrected chi connectivity index (χ0v) is 11.6. The van der Waals surface area contributed by atoms with Crippen LogP contribution in [0.1, 0.15) is 33.2 Å². The van der Waals surface area contributed by atoms with Gasteiger partial charge in [0.2, 0.25) is 0 Å². The number of carbonyl (C=O) groups excluding carboxylic acids is 1. The molecule has 2 aromatic carbocycles. The number of nitrogens with zero attached hydrogens (tertiary/aromatic N) is 1. The highest BCUT2D eigenvalue weighted by Crippen LogP contribution is 2.33.